The molecule has 1 amide bonds. The zero-order valence-electron chi connectivity index (χ0n) is 16.1. The summed E-state index contributed by atoms with van der Waals surface area (Å²) in [5, 5.41) is 5.27. The van der Waals surface area contributed by atoms with E-state index in [0.717, 1.165) is 28.4 Å². The summed E-state index contributed by atoms with van der Waals surface area (Å²) in [6.07, 6.45) is 3.68. The van der Waals surface area contributed by atoms with Gasteiger partial charge in [-0.1, -0.05) is 24.3 Å². The maximum absolute atomic E-state index is 13.4. The van der Waals surface area contributed by atoms with Crippen molar-refractivity contribution >= 4 is 22.2 Å². The Bertz CT molecular complexity index is 1210. The molecule has 2 aromatic carbocycles. The fraction of sp³-hybridized carbons (Fsp3) is 0.217. The van der Waals surface area contributed by atoms with Crippen LogP contribution in [0.3, 0.4) is 0 Å². The highest BCUT2D eigenvalue weighted by Crippen LogP contribution is 2.29. The van der Waals surface area contributed by atoms with Gasteiger partial charge in [0.1, 0.15) is 11.6 Å². The summed E-state index contributed by atoms with van der Waals surface area (Å²) in [5.41, 5.74) is 2.38. The number of fused-ring (bicyclic) bond motifs is 3. The molecule has 5 nitrogen and oxygen atoms in total. The van der Waals surface area contributed by atoms with E-state index in [1.807, 2.05) is 46.0 Å². The van der Waals surface area contributed by atoms with Crippen LogP contribution >= 0.6 is 0 Å². The molecule has 3 heterocycles. The maximum atomic E-state index is 13.4. The first-order valence-corrected chi connectivity index (χ1v) is 9.79. The van der Waals surface area contributed by atoms with Gasteiger partial charge in [-0.2, -0.15) is 0 Å². The topological polar surface area (TPSA) is 49.6 Å². The molecular formula is C23H21FN4O. The number of carbonyl (C=O) groups is 1. The van der Waals surface area contributed by atoms with Crippen LogP contribution in [0.25, 0.3) is 27.7 Å². The van der Waals surface area contributed by atoms with Gasteiger partial charge in [-0.3, -0.25) is 9.20 Å². The number of pyridine rings is 1. The summed E-state index contributed by atoms with van der Waals surface area (Å²) >= 11 is 0. The molecule has 1 fully saturated rings. The molecule has 0 saturated carbocycles. The van der Waals surface area contributed by atoms with Crippen LogP contribution in [0.15, 0.2) is 60.9 Å². The smallest absolute Gasteiger partial charge is 0.256 e. The lowest BCUT2D eigenvalue weighted by molar-refractivity contribution is 0.0710. The van der Waals surface area contributed by atoms with E-state index in [1.165, 1.54) is 12.1 Å². The van der Waals surface area contributed by atoms with Gasteiger partial charge in [0.15, 0.2) is 0 Å². The summed E-state index contributed by atoms with van der Waals surface area (Å²) in [6, 6.07) is 14.4. The highest BCUT2D eigenvalue weighted by atomic mass is 19.1. The monoisotopic (exact) mass is 388 g/mol. The molecule has 6 heteroatoms. The van der Waals surface area contributed by atoms with Crippen molar-refractivity contribution in [3.05, 3.63) is 72.3 Å². The fourth-order valence-corrected chi connectivity index (χ4v) is 4.10. The van der Waals surface area contributed by atoms with E-state index in [4.69, 9.17) is 0 Å². The number of benzene rings is 2. The molecule has 0 unspecified atom stereocenters. The molecule has 0 spiro atoms. The van der Waals surface area contributed by atoms with Crippen LogP contribution in [-0.2, 0) is 0 Å². The summed E-state index contributed by atoms with van der Waals surface area (Å²) < 4.78 is 15.3. The highest BCUT2D eigenvalue weighted by molar-refractivity contribution is 6.11. The van der Waals surface area contributed by atoms with E-state index >= 15 is 0 Å². The number of amides is 1. The minimum absolute atomic E-state index is 0.0233. The minimum atomic E-state index is -0.288. The first-order chi connectivity index (χ1) is 14.1. The van der Waals surface area contributed by atoms with Gasteiger partial charge in [0.05, 0.1) is 17.3 Å². The molecule has 1 atom stereocenters. The Morgan fingerprint density at radius 1 is 1.14 bits per heavy atom. The number of rotatable bonds is 2. The van der Waals surface area contributed by atoms with E-state index in [0.29, 0.717) is 24.5 Å². The zero-order chi connectivity index (χ0) is 20.0. The van der Waals surface area contributed by atoms with Crippen molar-refractivity contribution in [2.75, 3.05) is 19.6 Å². The number of nitrogens with zero attached hydrogens (tertiary/aromatic N) is 3. The largest absolute Gasteiger partial charge is 0.336 e. The van der Waals surface area contributed by atoms with Gasteiger partial charge >= 0.3 is 0 Å². The summed E-state index contributed by atoms with van der Waals surface area (Å²) in [5.74, 6) is 0.424. The van der Waals surface area contributed by atoms with Crippen LogP contribution in [0.2, 0.25) is 0 Å². The van der Waals surface area contributed by atoms with Crippen LogP contribution in [0.1, 0.15) is 17.3 Å². The average molecular weight is 388 g/mol. The maximum Gasteiger partial charge on any atom is 0.256 e. The van der Waals surface area contributed by atoms with E-state index in [1.54, 1.807) is 12.1 Å². The molecular weight excluding hydrogens is 367 g/mol. The van der Waals surface area contributed by atoms with Gasteiger partial charge in [-0.25, -0.2) is 9.37 Å². The van der Waals surface area contributed by atoms with Crippen molar-refractivity contribution in [3.8, 4) is 11.4 Å². The standard InChI is InChI=1S/C23H21FN4O/c1-15-13-27(11-10-25-15)23(29)20-14-28-21(19-5-3-2-4-18(19)20)12-26-22(28)16-6-8-17(24)9-7-16/h2-9,12,14-15,25H,10-11,13H2,1H3/t15-/m0/s1. The number of halogens is 1. The Balaban J connectivity index is 1.71. The van der Waals surface area contributed by atoms with Crippen LogP contribution in [0, 0.1) is 5.82 Å². The molecule has 0 aliphatic carbocycles. The number of carbonyl (C=O) groups excluding carboxylic acids is 1. The van der Waals surface area contributed by atoms with Gasteiger partial charge in [-0.15, -0.1) is 0 Å². The van der Waals surface area contributed by atoms with Gasteiger partial charge in [0.2, 0.25) is 0 Å². The summed E-state index contributed by atoms with van der Waals surface area (Å²) in [7, 11) is 0. The molecule has 5 rings (SSSR count). The molecule has 1 saturated heterocycles. The predicted molar refractivity (Wildman–Crippen MR) is 111 cm³/mol. The Hall–Kier alpha value is -3.25. The normalized spacial score (nSPS) is 17.2. The minimum Gasteiger partial charge on any atom is -0.336 e. The SMILES string of the molecule is C[C@H]1CN(C(=O)c2cn3c(-c4ccc(F)cc4)ncc3c3ccccc23)CCN1. The lowest BCUT2D eigenvalue weighted by Crippen LogP contribution is -2.51. The average Bonchev–Trinajstić information content (AvgIpc) is 3.17. The lowest BCUT2D eigenvalue weighted by Gasteiger charge is -2.32. The molecule has 0 bridgehead atoms. The Morgan fingerprint density at radius 2 is 1.90 bits per heavy atom. The molecule has 1 N–H and O–H groups in total. The zero-order valence-corrected chi connectivity index (χ0v) is 16.1. The van der Waals surface area contributed by atoms with Gasteiger partial charge < -0.3 is 10.2 Å². The quantitative estimate of drug-likeness (QED) is 0.569. The third-order valence-electron chi connectivity index (χ3n) is 5.54. The molecule has 1 aliphatic heterocycles. The second kappa shape index (κ2) is 6.97. The van der Waals surface area contributed by atoms with E-state index in [2.05, 4.69) is 17.2 Å². The summed E-state index contributed by atoms with van der Waals surface area (Å²) in [6.45, 7) is 4.24. The molecule has 2 aromatic heterocycles. The predicted octanol–water partition coefficient (Wildman–Crippen LogP) is 3.73. The van der Waals surface area contributed by atoms with E-state index in [-0.39, 0.29) is 17.8 Å². The Kier molecular flexibility index (Phi) is 4.28. The van der Waals surface area contributed by atoms with Crippen molar-refractivity contribution in [3.63, 3.8) is 0 Å². The van der Waals surface area contributed by atoms with Crippen LogP contribution < -0.4 is 5.32 Å². The third-order valence-corrected chi connectivity index (χ3v) is 5.54. The van der Waals surface area contributed by atoms with Crippen molar-refractivity contribution in [2.24, 2.45) is 0 Å². The first kappa shape index (κ1) is 17.8. The van der Waals surface area contributed by atoms with Crippen molar-refractivity contribution < 1.29 is 9.18 Å². The number of hydrogen-bond donors (Lipinski definition) is 1. The molecule has 29 heavy (non-hydrogen) atoms. The lowest BCUT2D eigenvalue weighted by atomic mass is 10.0. The van der Waals surface area contributed by atoms with Crippen LogP contribution in [0.4, 0.5) is 4.39 Å². The van der Waals surface area contributed by atoms with E-state index in [9.17, 15) is 9.18 Å². The molecule has 1 aliphatic rings. The number of aromatic nitrogens is 2. The summed E-state index contributed by atoms with van der Waals surface area (Å²) in [4.78, 5) is 19.9. The number of piperazine rings is 1. The molecule has 0 radical (unpaired) electrons. The molecule has 4 aromatic rings. The van der Waals surface area contributed by atoms with Crippen molar-refractivity contribution in [1.29, 1.82) is 0 Å². The highest BCUT2D eigenvalue weighted by Gasteiger charge is 2.24. The van der Waals surface area contributed by atoms with Crippen molar-refractivity contribution in [1.82, 2.24) is 19.6 Å². The Morgan fingerprint density at radius 3 is 2.66 bits per heavy atom. The second-order valence-electron chi connectivity index (χ2n) is 7.54. The van der Waals surface area contributed by atoms with Crippen molar-refractivity contribution in [2.45, 2.75) is 13.0 Å². The van der Waals surface area contributed by atoms with Crippen LogP contribution in [0.5, 0.6) is 0 Å². The van der Waals surface area contributed by atoms with Gasteiger partial charge in [0, 0.05) is 42.8 Å². The van der Waals surface area contributed by atoms with Crippen LogP contribution in [-0.4, -0.2) is 45.9 Å². The Labute approximate surface area is 167 Å². The van der Waals surface area contributed by atoms with Gasteiger partial charge in [-0.05, 0) is 36.6 Å². The van der Waals surface area contributed by atoms with E-state index < -0.39 is 0 Å². The number of nitrogens with one attached hydrogen (secondary N) is 1. The van der Waals surface area contributed by atoms with Gasteiger partial charge in [0.25, 0.3) is 5.91 Å². The number of imidazole rings is 1. The molecule has 146 valence electrons. The third kappa shape index (κ3) is 3.06. The second-order valence-corrected chi connectivity index (χ2v) is 7.54. The fourth-order valence-electron chi connectivity index (χ4n) is 4.10. The number of hydrogen-bond acceptors (Lipinski definition) is 3. The first-order valence-electron chi connectivity index (χ1n) is 9.79.